The number of hydrogen-bond acceptors (Lipinski definition) is 4. The summed E-state index contributed by atoms with van der Waals surface area (Å²) in [6.45, 7) is 0.427. The first-order valence-electron chi connectivity index (χ1n) is 7.79. The van der Waals surface area contributed by atoms with E-state index in [1.807, 2.05) is 42.5 Å². The maximum absolute atomic E-state index is 12.7. The zero-order valence-electron chi connectivity index (χ0n) is 13.5. The van der Waals surface area contributed by atoms with Gasteiger partial charge in [-0.1, -0.05) is 12.1 Å². The second-order valence-electron chi connectivity index (χ2n) is 5.57. The number of benzene rings is 2. The SMILES string of the molecule is COc1cccc(C(CCN)C(=O)Nc2ccc3[nH]ncc3c2)c1. The van der Waals surface area contributed by atoms with Crippen LogP contribution in [-0.2, 0) is 4.79 Å². The van der Waals surface area contributed by atoms with Gasteiger partial charge in [0, 0.05) is 11.1 Å². The van der Waals surface area contributed by atoms with Crippen molar-refractivity contribution in [3.8, 4) is 5.75 Å². The van der Waals surface area contributed by atoms with Gasteiger partial charge >= 0.3 is 0 Å². The van der Waals surface area contributed by atoms with Crippen molar-refractivity contribution in [1.29, 1.82) is 0 Å². The summed E-state index contributed by atoms with van der Waals surface area (Å²) >= 11 is 0. The van der Waals surface area contributed by atoms with Crippen LogP contribution in [0.15, 0.2) is 48.7 Å². The molecule has 0 saturated carbocycles. The number of nitrogens with two attached hydrogens (primary N) is 1. The fourth-order valence-electron chi connectivity index (χ4n) is 2.72. The number of methoxy groups -OCH3 is 1. The number of carbonyl (C=O) groups excluding carboxylic acids is 1. The molecule has 1 atom stereocenters. The van der Waals surface area contributed by atoms with Crippen LogP contribution in [0, 0.1) is 0 Å². The van der Waals surface area contributed by atoms with E-state index < -0.39 is 0 Å². The lowest BCUT2D eigenvalue weighted by Gasteiger charge is -2.17. The Bertz CT molecular complexity index is 844. The lowest BCUT2D eigenvalue weighted by Crippen LogP contribution is -2.23. The quantitative estimate of drug-likeness (QED) is 0.650. The Balaban J connectivity index is 1.83. The summed E-state index contributed by atoms with van der Waals surface area (Å²) in [4.78, 5) is 12.7. The molecule has 0 bridgehead atoms. The number of H-pyrrole nitrogens is 1. The van der Waals surface area contributed by atoms with Gasteiger partial charge < -0.3 is 15.8 Å². The zero-order valence-corrected chi connectivity index (χ0v) is 13.5. The summed E-state index contributed by atoms with van der Waals surface area (Å²) in [5.74, 6) is 0.309. The monoisotopic (exact) mass is 324 g/mol. The zero-order chi connectivity index (χ0) is 16.9. The lowest BCUT2D eigenvalue weighted by molar-refractivity contribution is -0.117. The molecular weight excluding hydrogens is 304 g/mol. The van der Waals surface area contributed by atoms with Crippen molar-refractivity contribution in [1.82, 2.24) is 10.2 Å². The van der Waals surface area contributed by atoms with E-state index in [-0.39, 0.29) is 11.8 Å². The predicted octanol–water partition coefficient (Wildman–Crippen LogP) is 2.64. The summed E-state index contributed by atoms with van der Waals surface area (Å²) in [6, 6.07) is 13.2. The van der Waals surface area contributed by atoms with Gasteiger partial charge in [0.25, 0.3) is 0 Å². The van der Waals surface area contributed by atoms with Crippen molar-refractivity contribution in [2.45, 2.75) is 12.3 Å². The van der Waals surface area contributed by atoms with Gasteiger partial charge in [0.2, 0.25) is 5.91 Å². The number of ether oxygens (including phenoxy) is 1. The molecule has 4 N–H and O–H groups in total. The molecule has 24 heavy (non-hydrogen) atoms. The predicted molar refractivity (Wildman–Crippen MR) is 94.1 cm³/mol. The second kappa shape index (κ2) is 7.14. The molecule has 0 aliphatic rings. The second-order valence-corrected chi connectivity index (χ2v) is 5.57. The summed E-state index contributed by atoms with van der Waals surface area (Å²) in [5.41, 5.74) is 8.26. The van der Waals surface area contributed by atoms with E-state index in [4.69, 9.17) is 10.5 Å². The number of amides is 1. The van der Waals surface area contributed by atoms with Crippen LogP contribution in [0.25, 0.3) is 10.9 Å². The Hall–Kier alpha value is -2.86. The Morgan fingerprint density at radius 2 is 2.21 bits per heavy atom. The first-order valence-corrected chi connectivity index (χ1v) is 7.79. The van der Waals surface area contributed by atoms with Crippen LogP contribution >= 0.6 is 0 Å². The van der Waals surface area contributed by atoms with E-state index in [2.05, 4.69) is 15.5 Å². The fourth-order valence-corrected chi connectivity index (χ4v) is 2.72. The largest absolute Gasteiger partial charge is 0.497 e. The highest BCUT2D eigenvalue weighted by Gasteiger charge is 2.20. The number of fused-ring (bicyclic) bond motifs is 1. The van der Waals surface area contributed by atoms with Gasteiger partial charge in [-0.2, -0.15) is 5.10 Å². The van der Waals surface area contributed by atoms with E-state index in [0.717, 1.165) is 27.9 Å². The van der Waals surface area contributed by atoms with Crippen molar-refractivity contribution in [3.05, 3.63) is 54.2 Å². The molecule has 124 valence electrons. The average molecular weight is 324 g/mol. The topological polar surface area (TPSA) is 93.0 Å². The molecule has 6 nitrogen and oxygen atoms in total. The van der Waals surface area contributed by atoms with Gasteiger partial charge in [0.05, 0.1) is 24.7 Å². The molecule has 2 aromatic carbocycles. The van der Waals surface area contributed by atoms with Crippen molar-refractivity contribution < 1.29 is 9.53 Å². The lowest BCUT2D eigenvalue weighted by atomic mass is 9.94. The minimum atomic E-state index is -0.329. The third-order valence-electron chi connectivity index (χ3n) is 3.98. The van der Waals surface area contributed by atoms with E-state index >= 15 is 0 Å². The van der Waals surface area contributed by atoms with Crippen molar-refractivity contribution >= 4 is 22.5 Å². The molecule has 1 unspecified atom stereocenters. The first kappa shape index (κ1) is 16.0. The van der Waals surface area contributed by atoms with Gasteiger partial charge in [-0.25, -0.2) is 0 Å². The number of aromatic nitrogens is 2. The third kappa shape index (κ3) is 3.38. The Morgan fingerprint density at radius 1 is 1.33 bits per heavy atom. The highest BCUT2D eigenvalue weighted by Crippen LogP contribution is 2.25. The van der Waals surface area contributed by atoms with Gasteiger partial charge in [-0.15, -0.1) is 0 Å². The summed E-state index contributed by atoms with van der Waals surface area (Å²) in [5, 5.41) is 10.8. The molecule has 1 heterocycles. The number of nitrogens with zero attached hydrogens (tertiary/aromatic N) is 1. The van der Waals surface area contributed by atoms with Crippen molar-refractivity contribution in [3.63, 3.8) is 0 Å². The van der Waals surface area contributed by atoms with Crippen molar-refractivity contribution in [2.24, 2.45) is 5.73 Å². The van der Waals surface area contributed by atoms with E-state index in [1.165, 1.54) is 0 Å². The molecule has 0 radical (unpaired) electrons. The van der Waals surface area contributed by atoms with Gasteiger partial charge in [-0.05, 0) is 48.9 Å². The number of nitrogens with one attached hydrogen (secondary N) is 2. The molecule has 1 aromatic heterocycles. The van der Waals surface area contributed by atoms with Crippen molar-refractivity contribution in [2.75, 3.05) is 19.0 Å². The number of aromatic amines is 1. The van der Waals surface area contributed by atoms with Crippen LogP contribution < -0.4 is 15.8 Å². The van der Waals surface area contributed by atoms with Crippen LogP contribution in [0.4, 0.5) is 5.69 Å². The Labute approximate surface area is 140 Å². The summed E-state index contributed by atoms with van der Waals surface area (Å²) < 4.78 is 5.25. The minimum Gasteiger partial charge on any atom is -0.497 e. The highest BCUT2D eigenvalue weighted by molar-refractivity contribution is 5.97. The van der Waals surface area contributed by atoms with Crippen LogP contribution in [0.2, 0.25) is 0 Å². The molecule has 3 rings (SSSR count). The normalized spacial score (nSPS) is 12.1. The van der Waals surface area contributed by atoms with Crippen LogP contribution in [-0.4, -0.2) is 29.8 Å². The smallest absolute Gasteiger partial charge is 0.231 e. The highest BCUT2D eigenvalue weighted by atomic mass is 16.5. The molecule has 3 aromatic rings. The fraction of sp³-hybridized carbons (Fsp3) is 0.222. The van der Waals surface area contributed by atoms with E-state index in [0.29, 0.717) is 13.0 Å². The van der Waals surface area contributed by atoms with E-state index in [9.17, 15) is 4.79 Å². The molecule has 6 heteroatoms. The summed E-state index contributed by atoms with van der Waals surface area (Å²) in [7, 11) is 1.61. The number of rotatable bonds is 6. The van der Waals surface area contributed by atoms with Crippen LogP contribution in [0.1, 0.15) is 17.9 Å². The summed E-state index contributed by atoms with van der Waals surface area (Å²) in [6.07, 6.45) is 2.29. The molecule has 0 saturated heterocycles. The van der Waals surface area contributed by atoms with Crippen LogP contribution in [0.5, 0.6) is 5.75 Å². The standard InChI is InChI=1S/C18H20N4O2/c1-24-15-4-2-3-12(10-15)16(7-8-19)18(23)21-14-5-6-17-13(9-14)11-20-22-17/h2-6,9-11,16H,7-8,19H2,1H3,(H,20,22)(H,21,23). The number of hydrogen-bond donors (Lipinski definition) is 3. The van der Waals surface area contributed by atoms with Gasteiger partial charge in [0.1, 0.15) is 5.75 Å². The molecule has 1 amide bonds. The number of carbonyl (C=O) groups is 1. The third-order valence-corrected chi connectivity index (χ3v) is 3.98. The van der Waals surface area contributed by atoms with Gasteiger partial charge in [-0.3, -0.25) is 9.89 Å². The first-order chi connectivity index (χ1) is 11.7. The molecular formula is C18H20N4O2. The van der Waals surface area contributed by atoms with Gasteiger partial charge in [0.15, 0.2) is 0 Å². The number of anilines is 1. The molecule has 0 spiro atoms. The maximum atomic E-state index is 12.7. The Kier molecular flexibility index (Phi) is 4.77. The maximum Gasteiger partial charge on any atom is 0.231 e. The molecule has 0 aliphatic heterocycles. The van der Waals surface area contributed by atoms with Crippen LogP contribution in [0.3, 0.4) is 0 Å². The average Bonchev–Trinajstić information content (AvgIpc) is 3.07. The van der Waals surface area contributed by atoms with E-state index in [1.54, 1.807) is 13.3 Å². The molecule has 0 fully saturated rings. The minimum absolute atomic E-state index is 0.0865. The Morgan fingerprint density at radius 3 is 3.00 bits per heavy atom. The molecule has 0 aliphatic carbocycles.